The molecule has 9 heteroatoms. The summed E-state index contributed by atoms with van der Waals surface area (Å²) in [6.07, 6.45) is 4.65. The summed E-state index contributed by atoms with van der Waals surface area (Å²) in [7, 11) is 2.14. The molecule has 1 aromatic heterocycles. The fraction of sp³-hybridized carbons (Fsp3) is 0.304. The summed E-state index contributed by atoms with van der Waals surface area (Å²) in [5, 5.41) is 14.4. The number of benzene rings is 2. The van der Waals surface area contributed by atoms with Gasteiger partial charge in [0, 0.05) is 63.3 Å². The number of amides is 1. The maximum absolute atomic E-state index is 12.7. The van der Waals surface area contributed by atoms with E-state index >= 15 is 0 Å². The largest absolute Gasteiger partial charge is 0.348 e. The van der Waals surface area contributed by atoms with E-state index in [9.17, 15) is 14.9 Å². The number of rotatable bonds is 7. The van der Waals surface area contributed by atoms with E-state index in [-0.39, 0.29) is 17.2 Å². The normalized spacial score (nSPS) is 14.9. The van der Waals surface area contributed by atoms with Crippen molar-refractivity contribution < 1.29 is 9.72 Å². The maximum atomic E-state index is 12.7. The van der Waals surface area contributed by atoms with Gasteiger partial charge in [0.2, 0.25) is 0 Å². The van der Waals surface area contributed by atoms with Gasteiger partial charge in [-0.05, 0) is 30.3 Å². The summed E-state index contributed by atoms with van der Waals surface area (Å²) in [6.45, 7) is 5.48. The van der Waals surface area contributed by atoms with Gasteiger partial charge in [-0.25, -0.2) is 4.98 Å². The summed E-state index contributed by atoms with van der Waals surface area (Å²) in [4.78, 5) is 32.4. The number of hydrogen-bond donors (Lipinski definition) is 1. The molecule has 1 saturated heterocycles. The number of nitro groups is 1. The van der Waals surface area contributed by atoms with E-state index in [0.29, 0.717) is 12.2 Å². The summed E-state index contributed by atoms with van der Waals surface area (Å²) in [5.74, 6) is -0.352. The molecule has 3 aromatic rings. The van der Waals surface area contributed by atoms with E-state index in [2.05, 4.69) is 39.3 Å². The molecule has 1 N–H and O–H groups in total. The number of carbonyl (C=O) groups is 1. The van der Waals surface area contributed by atoms with Gasteiger partial charge in [0.15, 0.2) is 0 Å². The number of likely N-dealkylation sites (N-methyl/N-ethyl adjacent to an activating group) is 1. The number of nitro benzene ring substituents is 1. The molecule has 1 aliphatic rings. The van der Waals surface area contributed by atoms with Crippen LogP contribution >= 0.6 is 0 Å². The van der Waals surface area contributed by atoms with E-state index in [1.54, 1.807) is 29.1 Å². The molecular formula is C23H26N6O3. The number of hydrogen-bond acceptors (Lipinski definition) is 6. The van der Waals surface area contributed by atoms with E-state index in [1.807, 2.05) is 12.1 Å². The Bertz CT molecular complexity index is 1090. The van der Waals surface area contributed by atoms with Crippen LogP contribution in [0.4, 0.5) is 5.69 Å². The average molecular weight is 435 g/mol. The molecule has 2 heterocycles. The molecule has 0 radical (unpaired) electrons. The van der Waals surface area contributed by atoms with Crippen LogP contribution in [0, 0.1) is 10.1 Å². The standard InChI is InChI=1S/C23H26N6O3/c1-26-9-11-27(12-10-26)16-19-4-2-3-18(13-19)15-25-23(30)20-5-6-21(22(14-20)29(31)32)28-8-7-24-17-28/h2-8,13-14,17H,9-12,15-16H2,1H3,(H,25,30). The average Bonchev–Trinajstić information content (AvgIpc) is 3.34. The van der Waals surface area contributed by atoms with Crippen molar-refractivity contribution >= 4 is 11.6 Å². The van der Waals surface area contributed by atoms with Crippen molar-refractivity contribution in [2.24, 2.45) is 0 Å². The van der Waals surface area contributed by atoms with Crippen molar-refractivity contribution in [3.8, 4) is 5.69 Å². The number of imidazole rings is 1. The highest BCUT2D eigenvalue weighted by Crippen LogP contribution is 2.24. The van der Waals surface area contributed by atoms with Gasteiger partial charge in [-0.2, -0.15) is 0 Å². The first kappa shape index (κ1) is 21.7. The first-order valence-corrected chi connectivity index (χ1v) is 10.5. The first-order chi connectivity index (χ1) is 15.5. The van der Waals surface area contributed by atoms with Crippen LogP contribution in [0.5, 0.6) is 0 Å². The van der Waals surface area contributed by atoms with Gasteiger partial charge in [-0.15, -0.1) is 0 Å². The third-order valence-corrected chi connectivity index (χ3v) is 5.66. The van der Waals surface area contributed by atoms with Crippen molar-refractivity contribution in [3.05, 3.63) is 88.0 Å². The SMILES string of the molecule is CN1CCN(Cc2cccc(CNC(=O)c3ccc(-n4ccnc4)c([N+](=O)[O-])c3)c2)CC1. The Morgan fingerprint density at radius 1 is 1.12 bits per heavy atom. The second kappa shape index (κ2) is 9.71. The van der Waals surface area contributed by atoms with Crippen molar-refractivity contribution in [1.82, 2.24) is 24.7 Å². The number of aromatic nitrogens is 2. The van der Waals surface area contributed by atoms with Crippen LogP contribution in [0.1, 0.15) is 21.5 Å². The molecule has 2 aromatic carbocycles. The molecule has 1 amide bonds. The molecule has 0 saturated carbocycles. The summed E-state index contributed by atoms with van der Waals surface area (Å²) in [6, 6.07) is 12.6. The Morgan fingerprint density at radius 2 is 1.91 bits per heavy atom. The van der Waals surface area contributed by atoms with Crippen LogP contribution in [-0.4, -0.2) is 63.4 Å². The summed E-state index contributed by atoms with van der Waals surface area (Å²) in [5.41, 5.74) is 2.66. The molecule has 0 bridgehead atoms. The van der Waals surface area contributed by atoms with Gasteiger partial charge < -0.3 is 14.8 Å². The molecule has 1 aliphatic heterocycles. The van der Waals surface area contributed by atoms with Crippen molar-refractivity contribution in [1.29, 1.82) is 0 Å². The van der Waals surface area contributed by atoms with E-state index < -0.39 is 4.92 Å². The van der Waals surface area contributed by atoms with Gasteiger partial charge in [0.05, 0.1) is 11.3 Å². The zero-order valence-electron chi connectivity index (χ0n) is 18.0. The lowest BCUT2D eigenvalue weighted by atomic mass is 10.1. The topological polar surface area (TPSA) is 96.5 Å². The Morgan fingerprint density at radius 3 is 2.62 bits per heavy atom. The fourth-order valence-corrected chi connectivity index (χ4v) is 3.82. The fourth-order valence-electron chi connectivity index (χ4n) is 3.82. The number of piperazine rings is 1. The van der Waals surface area contributed by atoms with Gasteiger partial charge >= 0.3 is 0 Å². The molecule has 0 aliphatic carbocycles. The third-order valence-electron chi connectivity index (χ3n) is 5.66. The van der Waals surface area contributed by atoms with E-state index in [4.69, 9.17) is 0 Å². The summed E-state index contributed by atoms with van der Waals surface area (Å²) >= 11 is 0. The molecule has 9 nitrogen and oxygen atoms in total. The highest BCUT2D eigenvalue weighted by molar-refractivity contribution is 5.95. The zero-order chi connectivity index (χ0) is 22.5. The predicted molar refractivity (Wildman–Crippen MR) is 121 cm³/mol. The minimum atomic E-state index is -0.492. The molecule has 0 atom stereocenters. The Labute approximate surface area is 186 Å². The van der Waals surface area contributed by atoms with Crippen LogP contribution in [0.15, 0.2) is 61.2 Å². The second-order valence-electron chi connectivity index (χ2n) is 8.01. The minimum Gasteiger partial charge on any atom is -0.348 e. The summed E-state index contributed by atoms with van der Waals surface area (Å²) < 4.78 is 1.55. The number of nitrogens with zero attached hydrogens (tertiary/aromatic N) is 5. The van der Waals surface area contributed by atoms with Crippen molar-refractivity contribution in [2.45, 2.75) is 13.1 Å². The lowest BCUT2D eigenvalue weighted by molar-refractivity contribution is -0.384. The lowest BCUT2D eigenvalue weighted by Crippen LogP contribution is -2.43. The third kappa shape index (κ3) is 5.19. The smallest absolute Gasteiger partial charge is 0.294 e. The molecule has 4 rings (SSSR count). The van der Waals surface area contributed by atoms with Crippen LogP contribution in [0.3, 0.4) is 0 Å². The van der Waals surface area contributed by atoms with Crippen molar-refractivity contribution in [2.75, 3.05) is 33.2 Å². The molecule has 166 valence electrons. The number of nitrogens with one attached hydrogen (secondary N) is 1. The Kier molecular flexibility index (Phi) is 6.58. The molecule has 0 spiro atoms. The first-order valence-electron chi connectivity index (χ1n) is 10.5. The van der Waals surface area contributed by atoms with Gasteiger partial charge in [0.25, 0.3) is 11.6 Å². The quantitative estimate of drug-likeness (QED) is 0.453. The molecule has 32 heavy (non-hydrogen) atoms. The lowest BCUT2D eigenvalue weighted by Gasteiger charge is -2.32. The van der Waals surface area contributed by atoms with Gasteiger partial charge in [-0.3, -0.25) is 19.8 Å². The Hall–Kier alpha value is -3.56. The van der Waals surface area contributed by atoms with Crippen LogP contribution < -0.4 is 5.32 Å². The minimum absolute atomic E-state index is 0.148. The van der Waals surface area contributed by atoms with Gasteiger partial charge in [0.1, 0.15) is 5.69 Å². The van der Waals surface area contributed by atoms with E-state index in [0.717, 1.165) is 38.3 Å². The van der Waals surface area contributed by atoms with Crippen LogP contribution in [0.2, 0.25) is 0 Å². The number of carbonyl (C=O) groups excluding carboxylic acids is 1. The highest BCUT2D eigenvalue weighted by Gasteiger charge is 2.19. The van der Waals surface area contributed by atoms with Gasteiger partial charge in [-0.1, -0.05) is 24.3 Å². The molecule has 0 unspecified atom stereocenters. The van der Waals surface area contributed by atoms with Crippen LogP contribution in [-0.2, 0) is 13.1 Å². The van der Waals surface area contributed by atoms with Crippen LogP contribution in [0.25, 0.3) is 5.69 Å². The Balaban J connectivity index is 1.40. The van der Waals surface area contributed by atoms with E-state index in [1.165, 1.54) is 18.0 Å². The molecular weight excluding hydrogens is 408 g/mol. The second-order valence-corrected chi connectivity index (χ2v) is 8.01. The monoisotopic (exact) mass is 434 g/mol. The molecule has 1 fully saturated rings. The maximum Gasteiger partial charge on any atom is 0.294 e. The predicted octanol–water partition coefficient (Wildman–Crippen LogP) is 2.46. The highest BCUT2D eigenvalue weighted by atomic mass is 16.6. The zero-order valence-corrected chi connectivity index (χ0v) is 18.0. The van der Waals surface area contributed by atoms with Crippen molar-refractivity contribution in [3.63, 3.8) is 0 Å².